The fraction of sp³-hybridized carbons (Fsp3) is 0.400. The number of rotatable bonds is 5. The summed E-state index contributed by atoms with van der Waals surface area (Å²) in [6.07, 6.45) is 1.93. The van der Waals surface area contributed by atoms with Crippen molar-refractivity contribution in [3.05, 3.63) is 57.6 Å². The Morgan fingerprint density at radius 2 is 2.07 bits per heavy atom. The molecule has 2 atom stereocenters. The second kappa shape index (κ2) is 8.24. The number of nitrogens with zero attached hydrogens (tertiary/aromatic N) is 2. The van der Waals surface area contributed by atoms with Gasteiger partial charge in [0.2, 0.25) is 0 Å². The van der Waals surface area contributed by atoms with Gasteiger partial charge >= 0.3 is 0 Å². The number of anilines is 1. The zero-order valence-corrected chi connectivity index (χ0v) is 16.1. The van der Waals surface area contributed by atoms with Crippen molar-refractivity contribution >= 4 is 23.0 Å². The van der Waals surface area contributed by atoms with E-state index in [9.17, 15) is 10.1 Å². The molecule has 2 aromatic carbocycles. The highest BCUT2D eigenvalue weighted by Crippen LogP contribution is 2.32. The molecule has 4 rings (SSSR count). The topological polar surface area (TPSA) is 76.9 Å². The van der Waals surface area contributed by atoms with Crippen LogP contribution in [0.1, 0.15) is 12.8 Å². The number of halogens is 1. The van der Waals surface area contributed by atoms with Crippen molar-refractivity contribution in [1.29, 1.82) is 0 Å². The lowest BCUT2D eigenvalue weighted by Gasteiger charge is -2.36. The van der Waals surface area contributed by atoms with Crippen LogP contribution < -0.4 is 14.8 Å². The highest BCUT2D eigenvalue weighted by molar-refractivity contribution is 6.31. The molecule has 2 heterocycles. The Morgan fingerprint density at radius 1 is 1.25 bits per heavy atom. The van der Waals surface area contributed by atoms with Crippen molar-refractivity contribution in [2.45, 2.75) is 25.0 Å². The van der Waals surface area contributed by atoms with E-state index < -0.39 is 0 Å². The third-order valence-electron chi connectivity index (χ3n) is 5.05. The number of nitro benzene ring substituents is 1. The zero-order chi connectivity index (χ0) is 19.5. The van der Waals surface area contributed by atoms with Crippen LogP contribution in [0.15, 0.2) is 42.5 Å². The largest absolute Gasteiger partial charge is 0.486 e. The Balaban J connectivity index is 1.38. The summed E-state index contributed by atoms with van der Waals surface area (Å²) in [5.41, 5.74) is 0.512. The highest BCUT2D eigenvalue weighted by atomic mass is 35.5. The summed E-state index contributed by atoms with van der Waals surface area (Å²) >= 11 is 6.03. The summed E-state index contributed by atoms with van der Waals surface area (Å²) in [4.78, 5) is 13.2. The summed E-state index contributed by atoms with van der Waals surface area (Å²) in [7, 11) is 0. The first kappa shape index (κ1) is 18.8. The molecule has 7 nitrogen and oxygen atoms in total. The molecule has 0 aliphatic carbocycles. The number of benzene rings is 2. The molecule has 1 saturated heterocycles. The molecule has 28 heavy (non-hydrogen) atoms. The van der Waals surface area contributed by atoms with Crippen molar-refractivity contribution in [3.8, 4) is 11.5 Å². The SMILES string of the molecule is O=[N+]([O-])c1ccc(Cl)cc1N[C@H]1CCCN(C[C@H]2COc3ccccc3O2)C1. The zero-order valence-electron chi connectivity index (χ0n) is 15.3. The van der Waals surface area contributed by atoms with Gasteiger partial charge in [0.1, 0.15) is 18.4 Å². The molecular formula is C20H22ClN3O4. The second-order valence-corrected chi connectivity index (χ2v) is 7.60. The summed E-state index contributed by atoms with van der Waals surface area (Å²) in [5, 5.41) is 15.1. The average molecular weight is 404 g/mol. The van der Waals surface area contributed by atoms with Crippen LogP contribution in [0.4, 0.5) is 11.4 Å². The van der Waals surface area contributed by atoms with Gasteiger partial charge in [-0.15, -0.1) is 0 Å². The number of nitrogens with one attached hydrogen (secondary N) is 1. The first-order chi connectivity index (χ1) is 13.6. The fourth-order valence-electron chi connectivity index (χ4n) is 3.78. The normalized spacial score (nSPS) is 21.9. The van der Waals surface area contributed by atoms with Gasteiger partial charge in [-0.25, -0.2) is 0 Å². The molecule has 0 unspecified atom stereocenters. The van der Waals surface area contributed by atoms with Crippen LogP contribution in [-0.2, 0) is 0 Å². The van der Waals surface area contributed by atoms with Gasteiger partial charge in [-0.05, 0) is 43.7 Å². The predicted octanol–water partition coefficient (Wildman–Crippen LogP) is 3.96. The maximum Gasteiger partial charge on any atom is 0.292 e. The summed E-state index contributed by atoms with van der Waals surface area (Å²) in [5.74, 6) is 1.56. The first-order valence-electron chi connectivity index (χ1n) is 9.40. The lowest BCUT2D eigenvalue weighted by atomic mass is 10.0. The van der Waals surface area contributed by atoms with Crippen molar-refractivity contribution in [2.75, 3.05) is 31.6 Å². The molecule has 2 aromatic rings. The number of likely N-dealkylation sites (tertiary alicyclic amines) is 1. The van der Waals surface area contributed by atoms with Gasteiger partial charge in [0.25, 0.3) is 5.69 Å². The van der Waals surface area contributed by atoms with Crippen LogP contribution in [0.2, 0.25) is 5.02 Å². The smallest absolute Gasteiger partial charge is 0.292 e. The number of para-hydroxylation sites is 2. The molecule has 8 heteroatoms. The van der Waals surface area contributed by atoms with Crippen LogP contribution in [0, 0.1) is 10.1 Å². The predicted molar refractivity (Wildman–Crippen MR) is 108 cm³/mol. The van der Waals surface area contributed by atoms with E-state index in [0.717, 1.165) is 44.0 Å². The van der Waals surface area contributed by atoms with Gasteiger partial charge in [0, 0.05) is 30.2 Å². The number of hydrogen-bond acceptors (Lipinski definition) is 6. The lowest BCUT2D eigenvalue weighted by Crippen LogP contribution is -2.48. The molecule has 1 N–H and O–H groups in total. The number of hydrogen-bond donors (Lipinski definition) is 1. The third kappa shape index (κ3) is 4.31. The van der Waals surface area contributed by atoms with Crippen LogP contribution in [-0.4, -0.2) is 48.2 Å². The fourth-order valence-corrected chi connectivity index (χ4v) is 3.96. The Morgan fingerprint density at radius 3 is 2.89 bits per heavy atom. The van der Waals surface area contributed by atoms with E-state index in [1.807, 2.05) is 24.3 Å². The summed E-state index contributed by atoms with van der Waals surface area (Å²) in [6.45, 7) is 3.03. The third-order valence-corrected chi connectivity index (χ3v) is 5.28. The molecule has 1 fully saturated rings. The molecule has 0 radical (unpaired) electrons. The molecule has 0 bridgehead atoms. The average Bonchev–Trinajstić information content (AvgIpc) is 2.68. The quantitative estimate of drug-likeness (QED) is 0.601. The van der Waals surface area contributed by atoms with E-state index in [-0.39, 0.29) is 22.8 Å². The van der Waals surface area contributed by atoms with Crippen molar-refractivity contribution in [1.82, 2.24) is 4.90 Å². The van der Waals surface area contributed by atoms with Gasteiger partial charge < -0.3 is 14.8 Å². The lowest BCUT2D eigenvalue weighted by molar-refractivity contribution is -0.384. The maximum atomic E-state index is 11.3. The second-order valence-electron chi connectivity index (χ2n) is 7.16. The van der Waals surface area contributed by atoms with Crippen molar-refractivity contribution in [2.24, 2.45) is 0 Å². The van der Waals surface area contributed by atoms with E-state index in [0.29, 0.717) is 17.3 Å². The van der Waals surface area contributed by atoms with Gasteiger partial charge in [0.15, 0.2) is 11.5 Å². The summed E-state index contributed by atoms with van der Waals surface area (Å²) in [6, 6.07) is 12.4. The Hall–Kier alpha value is -2.51. The summed E-state index contributed by atoms with van der Waals surface area (Å²) < 4.78 is 11.9. The van der Waals surface area contributed by atoms with Gasteiger partial charge in [-0.1, -0.05) is 23.7 Å². The van der Waals surface area contributed by atoms with Gasteiger partial charge in [0.05, 0.1) is 4.92 Å². The van der Waals surface area contributed by atoms with E-state index in [2.05, 4.69) is 10.2 Å². The number of nitro groups is 1. The van der Waals surface area contributed by atoms with Crippen molar-refractivity contribution < 1.29 is 14.4 Å². The number of ether oxygens (including phenoxy) is 2. The van der Waals surface area contributed by atoms with Crippen LogP contribution in [0.5, 0.6) is 11.5 Å². The van der Waals surface area contributed by atoms with E-state index >= 15 is 0 Å². The minimum atomic E-state index is -0.385. The van der Waals surface area contributed by atoms with Crippen LogP contribution in [0.3, 0.4) is 0 Å². The molecule has 0 amide bonds. The van der Waals surface area contributed by atoms with E-state index in [4.69, 9.17) is 21.1 Å². The highest BCUT2D eigenvalue weighted by Gasteiger charge is 2.27. The first-order valence-corrected chi connectivity index (χ1v) is 9.77. The monoisotopic (exact) mass is 403 g/mol. The Labute approximate surface area is 168 Å². The molecule has 0 spiro atoms. The minimum Gasteiger partial charge on any atom is -0.486 e. The molecule has 2 aliphatic heterocycles. The standard InChI is InChI=1S/C20H22ClN3O4/c21-14-7-8-18(24(25)26)17(10-14)22-15-4-3-9-23(11-15)12-16-13-27-19-5-1-2-6-20(19)28-16/h1-2,5-8,10,15-16,22H,3-4,9,11-13H2/t15-,16-/m0/s1. The number of fused-ring (bicyclic) bond motifs is 1. The van der Waals surface area contributed by atoms with Gasteiger partial charge in [-0.2, -0.15) is 0 Å². The molecule has 148 valence electrons. The van der Waals surface area contributed by atoms with Crippen molar-refractivity contribution in [3.63, 3.8) is 0 Å². The maximum absolute atomic E-state index is 11.3. The molecular weight excluding hydrogens is 382 g/mol. The Bertz CT molecular complexity index is 863. The number of piperidine rings is 1. The van der Waals surface area contributed by atoms with E-state index in [1.54, 1.807) is 6.07 Å². The molecule has 0 aromatic heterocycles. The Kier molecular flexibility index (Phi) is 5.54. The van der Waals surface area contributed by atoms with Gasteiger partial charge in [-0.3, -0.25) is 15.0 Å². The van der Waals surface area contributed by atoms with E-state index in [1.165, 1.54) is 12.1 Å². The van der Waals surface area contributed by atoms with Crippen LogP contribution >= 0.6 is 11.6 Å². The minimum absolute atomic E-state index is 0.0332. The molecule has 0 saturated carbocycles. The van der Waals surface area contributed by atoms with Crippen LogP contribution in [0.25, 0.3) is 0 Å². The molecule has 2 aliphatic rings.